The van der Waals surface area contributed by atoms with Gasteiger partial charge in [-0.25, -0.2) is 0 Å². The maximum Gasteiger partial charge on any atom is 0.307 e. The number of hydrogen-bond acceptors (Lipinski definition) is 3. The Morgan fingerprint density at radius 1 is 1.18 bits per heavy atom. The van der Waals surface area contributed by atoms with Crippen LogP contribution in [0.5, 0.6) is 11.5 Å². The molecule has 0 aromatic heterocycles. The molecule has 22 heavy (non-hydrogen) atoms. The predicted octanol–water partition coefficient (Wildman–Crippen LogP) is 4.80. The minimum absolute atomic E-state index is 0.0250. The molecule has 0 fully saturated rings. The molecule has 0 unspecified atom stereocenters. The second kappa shape index (κ2) is 9.36. The smallest absolute Gasteiger partial charge is 0.307 e. The van der Waals surface area contributed by atoms with Crippen LogP contribution in [0.2, 0.25) is 5.02 Å². The van der Waals surface area contributed by atoms with E-state index in [4.69, 9.17) is 26.2 Å². The van der Waals surface area contributed by atoms with E-state index in [0.717, 1.165) is 24.0 Å². The standard InChI is InChI=1S/C17H23ClO4/c1-4-7-12(8-9-17(19)20)13-10-15(21-5-2)16(22-6-3)11-14(13)18/h8,10-11H,4-7,9H2,1-3H3,(H,19,20)/b12-8+. The molecule has 0 aliphatic carbocycles. The number of carboxylic acid groups (broad SMARTS) is 1. The molecule has 0 bridgehead atoms. The summed E-state index contributed by atoms with van der Waals surface area (Å²) < 4.78 is 11.2. The Kier molecular flexibility index (Phi) is 7.82. The van der Waals surface area contributed by atoms with Crippen molar-refractivity contribution in [2.45, 2.75) is 40.0 Å². The lowest BCUT2D eigenvalue weighted by molar-refractivity contribution is -0.135. The number of carboxylic acids is 1. The third-order valence-corrected chi connectivity index (χ3v) is 3.33. The molecule has 0 amide bonds. The van der Waals surface area contributed by atoms with Crippen LogP contribution in [0.25, 0.3) is 5.57 Å². The number of rotatable bonds is 9. The molecule has 1 aromatic carbocycles. The van der Waals surface area contributed by atoms with Crippen molar-refractivity contribution in [2.75, 3.05) is 13.2 Å². The summed E-state index contributed by atoms with van der Waals surface area (Å²) in [5, 5.41) is 9.42. The Morgan fingerprint density at radius 3 is 2.27 bits per heavy atom. The van der Waals surface area contributed by atoms with E-state index in [2.05, 4.69) is 0 Å². The fourth-order valence-electron chi connectivity index (χ4n) is 2.14. The van der Waals surface area contributed by atoms with Crippen LogP contribution < -0.4 is 9.47 Å². The average Bonchev–Trinajstić information content (AvgIpc) is 2.46. The van der Waals surface area contributed by atoms with Crippen LogP contribution in [0.15, 0.2) is 18.2 Å². The SMILES string of the molecule is CCC/C(=C\CC(=O)O)c1cc(OCC)c(OCC)cc1Cl. The van der Waals surface area contributed by atoms with Crippen LogP contribution in [-0.4, -0.2) is 24.3 Å². The molecule has 5 heteroatoms. The van der Waals surface area contributed by atoms with Crippen LogP contribution in [-0.2, 0) is 4.79 Å². The topological polar surface area (TPSA) is 55.8 Å². The van der Waals surface area contributed by atoms with Gasteiger partial charge in [-0.05, 0) is 37.5 Å². The maximum atomic E-state index is 10.8. The molecule has 0 heterocycles. The zero-order chi connectivity index (χ0) is 16.5. The van der Waals surface area contributed by atoms with Crippen LogP contribution in [0.1, 0.15) is 45.6 Å². The zero-order valence-corrected chi connectivity index (χ0v) is 14.1. The minimum atomic E-state index is -0.860. The lowest BCUT2D eigenvalue weighted by atomic mass is 9.99. The fraction of sp³-hybridized carbons (Fsp3) is 0.471. The summed E-state index contributed by atoms with van der Waals surface area (Å²) in [4.78, 5) is 10.8. The molecule has 1 aromatic rings. The molecule has 0 spiro atoms. The van der Waals surface area contributed by atoms with Gasteiger partial charge < -0.3 is 14.6 Å². The number of carbonyl (C=O) groups is 1. The monoisotopic (exact) mass is 326 g/mol. The summed E-state index contributed by atoms with van der Waals surface area (Å²) in [5.41, 5.74) is 1.72. The van der Waals surface area contributed by atoms with E-state index in [0.29, 0.717) is 29.7 Å². The molecule has 0 saturated heterocycles. The van der Waals surface area contributed by atoms with Gasteiger partial charge in [-0.15, -0.1) is 0 Å². The van der Waals surface area contributed by atoms with Gasteiger partial charge in [-0.3, -0.25) is 4.79 Å². The van der Waals surface area contributed by atoms with Gasteiger partial charge in [0.1, 0.15) is 0 Å². The van der Waals surface area contributed by atoms with Gasteiger partial charge >= 0.3 is 5.97 Å². The van der Waals surface area contributed by atoms with Crippen molar-refractivity contribution in [2.24, 2.45) is 0 Å². The summed E-state index contributed by atoms with van der Waals surface area (Å²) in [6.07, 6.45) is 3.34. The lowest BCUT2D eigenvalue weighted by Gasteiger charge is -2.16. The van der Waals surface area contributed by atoms with Crippen molar-refractivity contribution in [1.82, 2.24) is 0 Å². The second-order valence-electron chi connectivity index (χ2n) is 4.72. The van der Waals surface area contributed by atoms with Crippen LogP contribution >= 0.6 is 11.6 Å². The second-order valence-corrected chi connectivity index (χ2v) is 5.13. The largest absolute Gasteiger partial charge is 0.490 e. The molecule has 0 aliphatic rings. The molecule has 4 nitrogen and oxygen atoms in total. The Bertz CT molecular complexity index is 538. The maximum absolute atomic E-state index is 10.8. The highest BCUT2D eigenvalue weighted by molar-refractivity contribution is 6.32. The van der Waals surface area contributed by atoms with Crippen molar-refractivity contribution < 1.29 is 19.4 Å². The summed E-state index contributed by atoms with van der Waals surface area (Å²) in [6, 6.07) is 3.57. The van der Waals surface area contributed by atoms with Gasteiger partial charge in [0.15, 0.2) is 11.5 Å². The first kappa shape index (κ1) is 18.4. The summed E-state index contributed by atoms with van der Waals surface area (Å²) in [7, 11) is 0. The number of ether oxygens (including phenoxy) is 2. The van der Waals surface area contributed by atoms with Crippen molar-refractivity contribution in [3.8, 4) is 11.5 Å². The van der Waals surface area contributed by atoms with Gasteiger partial charge in [0, 0.05) is 6.07 Å². The molecular weight excluding hydrogens is 304 g/mol. The molecule has 1 N–H and O–H groups in total. The average molecular weight is 327 g/mol. The normalized spacial score (nSPS) is 11.4. The Balaban J connectivity index is 3.27. The van der Waals surface area contributed by atoms with E-state index in [1.807, 2.05) is 26.8 Å². The van der Waals surface area contributed by atoms with Gasteiger partial charge in [-0.1, -0.05) is 31.0 Å². The Labute approximate surface area is 136 Å². The van der Waals surface area contributed by atoms with E-state index < -0.39 is 5.97 Å². The van der Waals surface area contributed by atoms with E-state index in [1.54, 1.807) is 12.1 Å². The van der Waals surface area contributed by atoms with Crippen LogP contribution in [0.3, 0.4) is 0 Å². The quantitative estimate of drug-likeness (QED) is 0.708. The summed E-state index contributed by atoms with van der Waals surface area (Å²) in [5.74, 6) is 0.369. The van der Waals surface area contributed by atoms with E-state index in [-0.39, 0.29) is 6.42 Å². The lowest BCUT2D eigenvalue weighted by Crippen LogP contribution is -2.00. The van der Waals surface area contributed by atoms with Gasteiger partial charge in [0.25, 0.3) is 0 Å². The van der Waals surface area contributed by atoms with Gasteiger partial charge in [-0.2, -0.15) is 0 Å². The number of hydrogen-bond donors (Lipinski definition) is 1. The number of benzene rings is 1. The molecule has 0 aliphatic heterocycles. The Hall–Kier alpha value is -1.68. The number of aliphatic carboxylic acids is 1. The van der Waals surface area contributed by atoms with Crippen molar-refractivity contribution in [3.63, 3.8) is 0 Å². The van der Waals surface area contributed by atoms with Crippen LogP contribution in [0.4, 0.5) is 0 Å². The van der Waals surface area contributed by atoms with E-state index in [9.17, 15) is 4.79 Å². The first-order valence-corrected chi connectivity index (χ1v) is 7.91. The predicted molar refractivity (Wildman–Crippen MR) is 88.9 cm³/mol. The number of allylic oxidation sites excluding steroid dienone is 1. The highest BCUT2D eigenvalue weighted by Gasteiger charge is 2.14. The minimum Gasteiger partial charge on any atom is -0.490 e. The molecule has 0 atom stereocenters. The van der Waals surface area contributed by atoms with Crippen molar-refractivity contribution in [1.29, 1.82) is 0 Å². The molecule has 0 saturated carbocycles. The molecule has 122 valence electrons. The highest BCUT2D eigenvalue weighted by atomic mass is 35.5. The van der Waals surface area contributed by atoms with Gasteiger partial charge in [0.2, 0.25) is 0 Å². The van der Waals surface area contributed by atoms with Crippen molar-refractivity contribution >= 4 is 23.1 Å². The first-order chi connectivity index (χ1) is 10.5. The first-order valence-electron chi connectivity index (χ1n) is 7.53. The third-order valence-electron chi connectivity index (χ3n) is 3.02. The zero-order valence-electron chi connectivity index (χ0n) is 13.3. The highest BCUT2D eigenvalue weighted by Crippen LogP contribution is 2.38. The van der Waals surface area contributed by atoms with E-state index >= 15 is 0 Å². The molecule has 1 rings (SSSR count). The van der Waals surface area contributed by atoms with Gasteiger partial charge in [0.05, 0.1) is 24.7 Å². The Morgan fingerprint density at radius 2 is 1.77 bits per heavy atom. The molecule has 0 radical (unpaired) electrons. The van der Waals surface area contributed by atoms with Crippen molar-refractivity contribution in [3.05, 3.63) is 28.8 Å². The number of halogens is 1. The summed E-state index contributed by atoms with van der Waals surface area (Å²) >= 11 is 6.36. The fourth-order valence-corrected chi connectivity index (χ4v) is 2.42. The summed E-state index contributed by atoms with van der Waals surface area (Å²) in [6.45, 7) is 6.88. The molecular formula is C17H23ClO4. The third kappa shape index (κ3) is 5.26. The van der Waals surface area contributed by atoms with Crippen LogP contribution in [0, 0.1) is 0 Å². The van der Waals surface area contributed by atoms with E-state index in [1.165, 1.54) is 0 Å².